The highest BCUT2D eigenvalue weighted by Crippen LogP contribution is 2.11. The number of amides is 1. The van der Waals surface area contributed by atoms with Crippen molar-refractivity contribution in [3.05, 3.63) is 0 Å². The molecular formula is C15H29N3O2. The van der Waals surface area contributed by atoms with Crippen LogP contribution in [0.2, 0.25) is 0 Å². The second-order valence-corrected chi connectivity index (χ2v) is 5.92. The minimum Gasteiger partial charge on any atom is -0.381 e. The van der Waals surface area contributed by atoms with Crippen LogP contribution in [-0.4, -0.2) is 62.3 Å². The molecule has 20 heavy (non-hydrogen) atoms. The van der Waals surface area contributed by atoms with Crippen LogP contribution in [0.25, 0.3) is 0 Å². The Morgan fingerprint density at radius 2 is 2.15 bits per heavy atom. The Balaban J connectivity index is 1.78. The number of ether oxygens (including phenoxy) is 1. The van der Waals surface area contributed by atoms with E-state index >= 15 is 0 Å². The van der Waals surface area contributed by atoms with E-state index in [1.54, 1.807) is 0 Å². The lowest BCUT2D eigenvalue weighted by Crippen LogP contribution is -2.51. The Labute approximate surface area is 122 Å². The van der Waals surface area contributed by atoms with Crippen molar-refractivity contribution in [2.45, 2.75) is 51.1 Å². The SMILES string of the molecule is CCCN(CC(=O)NC1CCOCC1)C1CCCNC1. The second kappa shape index (κ2) is 8.60. The maximum Gasteiger partial charge on any atom is 0.234 e. The van der Waals surface area contributed by atoms with E-state index in [2.05, 4.69) is 22.5 Å². The van der Waals surface area contributed by atoms with Gasteiger partial charge in [-0.3, -0.25) is 9.69 Å². The molecule has 0 aromatic carbocycles. The highest BCUT2D eigenvalue weighted by atomic mass is 16.5. The molecule has 0 aromatic heterocycles. The quantitative estimate of drug-likeness (QED) is 0.755. The van der Waals surface area contributed by atoms with Gasteiger partial charge in [-0.1, -0.05) is 6.92 Å². The monoisotopic (exact) mass is 283 g/mol. The van der Waals surface area contributed by atoms with Crippen LogP contribution in [0.5, 0.6) is 0 Å². The molecule has 1 atom stereocenters. The van der Waals surface area contributed by atoms with Gasteiger partial charge in [0.25, 0.3) is 0 Å². The molecule has 2 saturated heterocycles. The van der Waals surface area contributed by atoms with E-state index < -0.39 is 0 Å². The van der Waals surface area contributed by atoms with Gasteiger partial charge in [0.1, 0.15) is 0 Å². The van der Waals surface area contributed by atoms with Crippen molar-refractivity contribution >= 4 is 5.91 Å². The smallest absolute Gasteiger partial charge is 0.234 e. The number of hydrogen-bond acceptors (Lipinski definition) is 4. The summed E-state index contributed by atoms with van der Waals surface area (Å²) in [6.07, 6.45) is 5.42. The zero-order chi connectivity index (χ0) is 14.2. The number of rotatable bonds is 6. The summed E-state index contributed by atoms with van der Waals surface area (Å²) < 4.78 is 5.33. The van der Waals surface area contributed by atoms with Crippen LogP contribution in [-0.2, 0) is 9.53 Å². The van der Waals surface area contributed by atoms with Crippen LogP contribution in [0.3, 0.4) is 0 Å². The van der Waals surface area contributed by atoms with Crippen molar-refractivity contribution in [1.29, 1.82) is 0 Å². The van der Waals surface area contributed by atoms with E-state index in [1.807, 2.05) is 0 Å². The van der Waals surface area contributed by atoms with E-state index in [4.69, 9.17) is 4.74 Å². The van der Waals surface area contributed by atoms with Crippen molar-refractivity contribution < 1.29 is 9.53 Å². The summed E-state index contributed by atoms with van der Waals surface area (Å²) in [6.45, 7) is 7.41. The Morgan fingerprint density at radius 1 is 1.35 bits per heavy atom. The summed E-state index contributed by atoms with van der Waals surface area (Å²) in [4.78, 5) is 14.6. The van der Waals surface area contributed by atoms with E-state index in [0.717, 1.165) is 52.1 Å². The highest BCUT2D eigenvalue weighted by molar-refractivity contribution is 5.78. The molecule has 2 aliphatic rings. The molecular weight excluding hydrogens is 254 g/mol. The molecule has 0 saturated carbocycles. The van der Waals surface area contributed by atoms with Crippen LogP contribution in [0.4, 0.5) is 0 Å². The van der Waals surface area contributed by atoms with Crippen LogP contribution in [0.1, 0.15) is 39.0 Å². The average Bonchev–Trinajstić information content (AvgIpc) is 2.49. The van der Waals surface area contributed by atoms with Crippen LogP contribution >= 0.6 is 0 Å². The number of carbonyl (C=O) groups excluding carboxylic acids is 1. The summed E-state index contributed by atoms with van der Waals surface area (Å²) in [7, 11) is 0. The molecule has 5 nitrogen and oxygen atoms in total. The summed E-state index contributed by atoms with van der Waals surface area (Å²) in [5.74, 6) is 0.177. The fraction of sp³-hybridized carbons (Fsp3) is 0.933. The molecule has 0 aromatic rings. The number of piperidine rings is 1. The zero-order valence-corrected chi connectivity index (χ0v) is 12.7. The van der Waals surface area contributed by atoms with Crippen molar-refractivity contribution in [2.75, 3.05) is 39.4 Å². The third-order valence-electron chi connectivity index (χ3n) is 4.23. The number of nitrogens with zero attached hydrogens (tertiary/aromatic N) is 1. The molecule has 116 valence electrons. The normalized spacial score (nSPS) is 24.8. The molecule has 2 heterocycles. The molecule has 1 amide bonds. The van der Waals surface area contributed by atoms with Gasteiger partial charge in [0, 0.05) is 31.8 Å². The number of hydrogen-bond donors (Lipinski definition) is 2. The summed E-state index contributed by atoms with van der Waals surface area (Å²) in [5.41, 5.74) is 0. The number of carbonyl (C=O) groups is 1. The molecule has 5 heteroatoms. The van der Waals surface area contributed by atoms with Crippen molar-refractivity contribution in [2.24, 2.45) is 0 Å². The lowest BCUT2D eigenvalue weighted by Gasteiger charge is -2.34. The van der Waals surface area contributed by atoms with E-state index in [-0.39, 0.29) is 5.91 Å². The van der Waals surface area contributed by atoms with Crippen molar-refractivity contribution in [3.63, 3.8) is 0 Å². The molecule has 2 aliphatic heterocycles. The first kappa shape index (κ1) is 15.7. The standard InChI is InChI=1S/C15H29N3O2/c1-2-8-18(14-4-3-7-16-11-14)12-15(19)17-13-5-9-20-10-6-13/h13-14,16H,2-12H2,1H3,(H,17,19). The average molecular weight is 283 g/mol. The van der Waals surface area contributed by atoms with Gasteiger partial charge in [-0.25, -0.2) is 0 Å². The molecule has 2 fully saturated rings. The lowest BCUT2D eigenvalue weighted by atomic mass is 10.1. The summed E-state index contributed by atoms with van der Waals surface area (Å²) in [6, 6.07) is 0.827. The van der Waals surface area contributed by atoms with Gasteiger partial charge in [-0.15, -0.1) is 0 Å². The largest absolute Gasteiger partial charge is 0.381 e. The third-order valence-corrected chi connectivity index (χ3v) is 4.23. The molecule has 0 spiro atoms. The van der Waals surface area contributed by atoms with Crippen molar-refractivity contribution in [1.82, 2.24) is 15.5 Å². The Kier molecular flexibility index (Phi) is 6.76. The maximum atomic E-state index is 12.2. The predicted molar refractivity (Wildman–Crippen MR) is 79.7 cm³/mol. The van der Waals surface area contributed by atoms with Gasteiger partial charge >= 0.3 is 0 Å². The zero-order valence-electron chi connectivity index (χ0n) is 12.7. The molecule has 0 aliphatic carbocycles. The lowest BCUT2D eigenvalue weighted by molar-refractivity contribution is -0.124. The third kappa shape index (κ3) is 5.04. The van der Waals surface area contributed by atoms with Gasteiger partial charge < -0.3 is 15.4 Å². The first-order valence-electron chi connectivity index (χ1n) is 8.11. The van der Waals surface area contributed by atoms with E-state index in [0.29, 0.717) is 18.6 Å². The molecule has 0 bridgehead atoms. The highest BCUT2D eigenvalue weighted by Gasteiger charge is 2.23. The predicted octanol–water partition coefficient (Wildman–Crippen LogP) is 0.746. The molecule has 2 N–H and O–H groups in total. The van der Waals surface area contributed by atoms with Crippen LogP contribution < -0.4 is 10.6 Å². The first-order chi connectivity index (χ1) is 9.79. The fourth-order valence-electron chi connectivity index (χ4n) is 3.12. The molecule has 1 unspecified atom stereocenters. The summed E-state index contributed by atoms with van der Waals surface area (Å²) >= 11 is 0. The van der Waals surface area contributed by atoms with Gasteiger partial charge in [-0.05, 0) is 45.2 Å². The van der Waals surface area contributed by atoms with Crippen LogP contribution in [0, 0.1) is 0 Å². The minimum absolute atomic E-state index is 0.177. The van der Waals surface area contributed by atoms with E-state index in [1.165, 1.54) is 12.8 Å². The van der Waals surface area contributed by atoms with Crippen LogP contribution in [0.15, 0.2) is 0 Å². The first-order valence-corrected chi connectivity index (χ1v) is 8.11. The molecule has 2 rings (SSSR count). The fourth-order valence-corrected chi connectivity index (χ4v) is 3.12. The topological polar surface area (TPSA) is 53.6 Å². The summed E-state index contributed by atoms with van der Waals surface area (Å²) in [5, 5.41) is 6.60. The Hall–Kier alpha value is -0.650. The van der Waals surface area contributed by atoms with Gasteiger partial charge in [0.2, 0.25) is 5.91 Å². The van der Waals surface area contributed by atoms with Crippen molar-refractivity contribution in [3.8, 4) is 0 Å². The van der Waals surface area contributed by atoms with Gasteiger partial charge in [0.15, 0.2) is 0 Å². The van der Waals surface area contributed by atoms with Gasteiger partial charge in [0.05, 0.1) is 6.54 Å². The maximum absolute atomic E-state index is 12.2. The van der Waals surface area contributed by atoms with E-state index in [9.17, 15) is 4.79 Å². The minimum atomic E-state index is 0.177. The van der Waals surface area contributed by atoms with Gasteiger partial charge in [-0.2, -0.15) is 0 Å². The molecule has 0 radical (unpaired) electrons. The number of nitrogens with one attached hydrogen (secondary N) is 2. The Bertz CT molecular complexity index is 287. The Morgan fingerprint density at radius 3 is 2.80 bits per heavy atom. The second-order valence-electron chi connectivity index (χ2n) is 5.92.